The second-order valence-corrected chi connectivity index (χ2v) is 4.15. The molecule has 1 aromatic rings. The molecule has 0 radical (unpaired) electrons. The van der Waals surface area contributed by atoms with Gasteiger partial charge in [0, 0.05) is 12.0 Å². The van der Waals surface area contributed by atoms with E-state index >= 15 is 0 Å². The third-order valence-corrected chi connectivity index (χ3v) is 2.60. The van der Waals surface area contributed by atoms with E-state index in [-0.39, 0.29) is 19.0 Å². The minimum atomic E-state index is -0.417. The first-order chi connectivity index (χ1) is 9.67. The highest BCUT2D eigenvalue weighted by atomic mass is 16.6. The number of ketones is 1. The maximum absolute atomic E-state index is 11.4. The highest BCUT2D eigenvalue weighted by molar-refractivity contribution is 5.95. The Balaban J connectivity index is 2.36. The fourth-order valence-corrected chi connectivity index (χ4v) is 1.50. The van der Waals surface area contributed by atoms with Crippen LogP contribution in [0.3, 0.4) is 0 Å². The van der Waals surface area contributed by atoms with Crippen LogP contribution >= 0.6 is 0 Å². The Morgan fingerprint density at radius 3 is 2.40 bits per heavy atom. The molecule has 0 bridgehead atoms. The van der Waals surface area contributed by atoms with Crippen molar-refractivity contribution in [3.63, 3.8) is 0 Å². The summed E-state index contributed by atoms with van der Waals surface area (Å²) in [5.74, 6) is 0.205. The van der Waals surface area contributed by atoms with Gasteiger partial charge in [0.15, 0.2) is 12.4 Å². The third-order valence-electron chi connectivity index (χ3n) is 2.60. The number of hydrogen-bond donors (Lipinski definition) is 0. The van der Waals surface area contributed by atoms with Crippen LogP contribution in [0.5, 0.6) is 5.75 Å². The van der Waals surface area contributed by atoms with Gasteiger partial charge < -0.3 is 9.47 Å². The molecule has 20 heavy (non-hydrogen) atoms. The number of hydrogen-bond acceptors (Lipinski definition) is 4. The predicted octanol–water partition coefficient (Wildman–Crippen LogP) is 3.17. The van der Waals surface area contributed by atoms with Crippen molar-refractivity contribution in [3.8, 4) is 5.75 Å². The molecule has 0 N–H and O–H groups in total. The summed E-state index contributed by atoms with van der Waals surface area (Å²) in [5, 5.41) is 0. The van der Waals surface area contributed by atoms with Crippen LogP contribution < -0.4 is 4.74 Å². The molecule has 0 amide bonds. The zero-order valence-electron chi connectivity index (χ0n) is 11.9. The average Bonchev–Trinajstić information content (AvgIpc) is 2.49. The van der Waals surface area contributed by atoms with Crippen LogP contribution in [0.25, 0.3) is 0 Å². The van der Waals surface area contributed by atoms with Crippen molar-refractivity contribution in [1.82, 2.24) is 0 Å². The maximum Gasteiger partial charge on any atom is 0.344 e. The van der Waals surface area contributed by atoms with Crippen LogP contribution in [0, 0.1) is 0 Å². The van der Waals surface area contributed by atoms with Crippen molar-refractivity contribution in [2.24, 2.45) is 0 Å². The van der Waals surface area contributed by atoms with Gasteiger partial charge in [-0.25, -0.2) is 4.79 Å². The third kappa shape index (κ3) is 5.69. The molecule has 1 rings (SSSR count). The molecular formula is C16H20O4. The summed E-state index contributed by atoms with van der Waals surface area (Å²) in [7, 11) is 0. The molecule has 0 saturated carbocycles. The number of carbonyl (C=O) groups excluding carboxylic acids is 2. The topological polar surface area (TPSA) is 52.6 Å². The van der Waals surface area contributed by atoms with Crippen LogP contribution in [-0.2, 0) is 9.53 Å². The molecule has 0 atom stereocenters. The lowest BCUT2D eigenvalue weighted by molar-refractivity contribution is -0.144. The molecule has 0 spiro atoms. The summed E-state index contributed by atoms with van der Waals surface area (Å²) >= 11 is 0. The van der Waals surface area contributed by atoms with Crippen molar-refractivity contribution in [2.75, 3.05) is 13.2 Å². The van der Waals surface area contributed by atoms with E-state index in [2.05, 4.69) is 0 Å². The molecule has 108 valence electrons. The first kappa shape index (κ1) is 16.0. The summed E-state index contributed by atoms with van der Waals surface area (Å²) in [6, 6.07) is 6.73. The Morgan fingerprint density at radius 2 is 1.80 bits per heavy atom. The van der Waals surface area contributed by atoms with E-state index in [0.717, 1.165) is 6.42 Å². The van der Waals surface area contributed by atoms with E-state index in [9.17, 15) is 9.59 Å². The molecule has 0 aliphatic heterocycles. The Bertz CT molecular complexity index is 460. The quantitative estimate of drug-likeness (QED) is 0.416. The van der Waals surface area contributed by atoms with Gasteiger partial charge in [0.1, 0.15) is 12.4 Å². The highest BCUT2D eigenvalue weighted by Crippen LogP contribution is 2.13. The minimum absolute atomic E-state index is 0.0821. The molecule has 0 aromatic heterocycles. The molecule has 0 fully saturated rings. The van der Waals surface area contributed by atoms with Gasteiger partial charge in [-0.05, 0) is 30.7 Å². The number of allylic oxidation sites excluding steroid dienone is 1. The summed E-state index contributed by atoms with van der Waals surface area (Å²) in [5.41, 5.74) is 0.645. The zero-order valence-corrected chi connectivity index (χ0v) is 11.9. The van der Waals surface area contributed by atoms with E-state index < -0.39 is 5.97 Å². The number of carbonyl (C=O) groups is 2. The molecule has 0 saturated heterocycles. The van der Waals surface area contributed by atoms with Crippen molar-refractivity contribution < 1.29 is 19.1 Å². The lowest BCUT2D eigenvalue weighted by Gasteiger charge is -2.06. The largest absolute Gasteiger partial charge is 0.482 e. The van der Waals surface area contributed by atoms with Gasteiger partial charge in [0.25, 0.3) is 0 Å². The van der Waals surface area contributed by atoms with Crippen LogP contribution in [0.2, 0.25) is 0 Å². The first-order valence-electron chi connectivity index (χ1n) is 6.74. The summed E-state index contributed by atoms with van der Waals surface area (Å²) in [4.78, 5) is 22.8. The highest BCUT2D eigenvalue weighted by Gasteiger charge is 2.05. The Hall–Kier alpha value is -2.10. The SMILES string of the molecule is CCC=CCOC(=O)COc1ccc(C(=O)CC)cc1. The Labute approximate surface area is 119 Å². The Morgan fingerprint density at radius 1 is 1.10 bits per heavy atom. The van der Waals surface area contributed by atoms with Gasteiger partial charge in [-0.15, -0.1) is 0 Å². The molecule has 4 nitrogen and oxygen atoms in total. The fourth-order valence-electron chi connectivity index (χ4n) is 1.50. The van der Waals surface area contributed by atoms with Gasteiger partial charge in [0.05, 0.1) is 0 Å². The molecule has 0 unspecified atom stereocenters. The minimum Gasteiger partial charge on any atom is -0.482 e. The van der Waals surface area contributed by atoms with Gasteiger partial charge in [0.2, 0.25) is 0 Å². The predicted molar refractivity (Wildman–Crippen MR) is 76.9 cm³/mol. The van der Waals surface area contributed by atoms with Crippen LogP contribution in [0.4, 0.5) is 0 Å². The smallest absolute Gasteiger partial charge is 0.344 e. The number of Topliss-reactive ketones (excluding diaryl/α,β-unsaturated/α-hetero) is 1. The van der Waals surface area contributed by atoms with Crippen LogP contribution in [-0.4, -0.2) is 25.0 Å². The molecular weight excluding hydrogens is 256 g/mol. The molecule has 0 aliphatic carbocycles. The van der Waals surface area contributed by atoms with Gasteiger partial charge >= 0.3 is 5.97 Å². The average molecular weight is 276 g/mol. The van der Waals surface area contributed by atoms with Gasteiger partial charge in [-0.3, -0.25) is 4.79 Å². The Kier molecular flexibility index (Phi) is 7.11. The summed E-state index contributed by atoms with van der Waals surface area (Å²) in [6.45, 7) is 3.95. The standard InChI is InChI=1S/C16H20O4/c1-3-5-6-11-19-16(18)12-20-14-9-7-13(8-10-14)15(17)4-2/h5-10H,3-4,11-12H2,1-2H3. The van der Waals surface area contributed by atoms with Crippen molar-refractivity contribution in [1.29, 1.82) is 0 Å². The van der Waals surface area contributed by atoms with E-state index in [1.165, 1.54) is 0 Å². The lowest BCUT2D eigenvalue weighted by atomic mass is 10.1. The number of rotatable bonds is 8. The molecule has 1 aromatic carbocycles. The van der Waals surface area contributed by atoms with Gasteiger partial charge in [-0.2, -0.15) is 0 Å². The van der Waals surface area contributed by atoms with Crippen LogP contribution in [0.15, 0.2) is 36.4 Å². The maximum atomic E-state index is 11.4. The normalized spacial score (nSPS) is 10.5. The van der Waals surface area contributed by atoms with Gasteiger partial charge in [-0.1, -0.05) is 26.0 Å². The van der Waals surface area contributed by atoms with E-state index in [0.29, 0.717) is 17.7 Å². The first-order valence-corrected chi connectivity index (χ1v) is 6.74. The molecule has 4 heteroatoms. The monoisotopic (exact) mass is 276 g/mol. The van der Waals surface area contributed by atoms with Crippen LogP contribution in [0.1, 0.15) is 37.0 Å². The zero-order chi connectivity index (χ0) is 14.8. The van der Waals surface area contributed by atoms with E-state index in [1.807, 2.05) is 19.9 Å². The van der Waals surface area contributed by atoms with Crippen molar-refractivity contribution in [3.05, 3.63) is 42.0 Å². The summed E-state index contributed by atoms with van der Waals surface area (Å²) < 4.78 is 10.2. The van der Waals surface area contributed by atoms with E-state index in [4.69, 9.17) is 9.47 Å². The molecule has 0 heterocycles. The lowest BCUT2D eigenvalue weighted by Crippen LogP contribution is -2.14. The van der Waals surface area contributed by atoms with Crippen molar-refractivity contribution >= 4 is 11.8 Å². The summed E-state index contributed by atoms with van der Waals surface area (Å²) in [6.07, 6.45) is 5.11. The molecule has 0 aliphatic rings. The fraction of sp³-hybridized carbons (Fsp3) is 0.375. The second kappa shape index (κ2) is 8.91. The number of esters is 1. The number of benzene rings is 1. The van der Waals surface area contributed by atoms with Crippen molar-refractivity contribution in [2.45, 2.75) is 26.7 Å². The number of ether oxygens (including phenoxy) is 2. The van der Waals surface area contributed by atoms with E-state index in [1.54, 1.807) is 30.3 Å². The second-order valence-electron chi connectivity index (χ2n) is 4.15.